The van der Waals surface area contributed by atoms with Crippen LogP contribution in [0.15, 0.2) is 54.9 Å². The van der Waals surface area contributed by atoms with E-state index in [1.54, 1.807) is 12.1 Å². The summed E-state index contributed by atoms with van der Waals surface area (Å²) < 4.78 is 0. The highest BCUT2D eigenvalue weighted by Crippen LogP contribution is 2.23. The minimum Gasteiger partial charge on any atom is -0.341 e. The van der Waals surface area contributed by atoms with Crippen molar-refractivity contribution in [1.82, 2.24) is 9.97 Å². The Morgan fingerprint density at radius 3 is 2.50 bits per heavy atom. The van der Waals surface area contributed by atoms with Crippen LogP contribution < -0.4 is 10.2 Å². The van der Waals surface area contributed by atoms with Crippen LogP contribution in [-0.2, 0) is 0 Å². The lowest BCUT2D eigenvalue weighted by Gasteiger charge is -2.14. The zero-order valence-electron chi connectivity index (χ0n) is 15.7. The minimum atomic E-state index is -0.184. The van der Waals surface area contributed by atoms with Crippen LogP contribution in [0.5, 0.6) is 0 Å². The molecule has 1 fully saturated rings. The first-order valence-corrected chi connectivity index (χ1v) is 9.73. The summed E-state index contributed by atoms with van der Waals surface area (Å²) in [6, 6.07) is 12.9. The highest BCUT2D eigenvalue weighted by molar-refractivity contribution is 6.31. The smallest absolute Gasteiger partial charge is 0.255 e. The molecule has 0 atom stereocenters. The average molecular weight is 393 g/mol. The van der Waals surface area contributed by atoms with Crippen molar-refractivity contribution in [3.05, 3.63) is 71.0 Å². The highest BCUT2D eigenvalue weighted by Gasteiger charge is 2.15. The average Bonchev–Trinajstić information content (AvgIpc) is 3.26. The van der Waals surface area contributed by atoms with E-state index >= 15 is 0 Å². The Kier molecular flexibility index (Phi) is 5.26. The van der Waals surface area contributed by atoms with Crippen molar-refractivity contribution in [2.75, 3.05) is 23.3 Å². The number of anilines is 2. The van der Waals surface area contributed by atoms with Crippen LogP contribution in [0.25, 0.3) is 11.1 Å². The molecule has 3 aromatic rings. The Morgan fingerprint density at radius 1 is 1.04 bits per heavy atom. The van der Waals surface area contributed by atoms with Gasteiger partial charge in [0.05, 0.1) is 0 Å². The molecule has 0 saturated carbocycles. The van der Waals surface area contributed by atoms with Crippen LogP contribution >= 0.6 is 11.6 Å². The van der Waals surface area contributed by atoms with Gasteiger partial charge in [0.15, 0.2) is 0 Å². The van der Waals surface area contributed by atoms with Crippen LogP contribution in [0.3, 0.4) is 0 Å². The van der Waals surface area contributed by atoms with Crippen LogP contribution in [-0.4, -0.2) is 29.0 Å². The van der Waals surface area contributed by atoms with Gasteiger partial charge in [0, 0.05) is 47.3 Å². The second-order valence-corrected chi connectivity index (χ2v) is 7.37. The minimum absolute atomic E-state index is 0.184. The van der Waals surface area contributed by atoms with E-state index in [9.17, 15) is 4.79 Å². The summed E-state index contributed by atoms with van der Waals surface area (Å²) in [5.74, 6) is 0.586. The molecule has 142 valence electrons. The molecular weight excluding hydrogens is 372 g/mol. The number of carbonyl (C=O) groups is 1. The summed E-state index contributed by atoms with van der Waals surface area (Å²) in [5, 5.41) is 3.52. The fourth-order valence-corrected chi connectivity index (χ4v) is 3.45. The van der Waals surface area contributed by atoms with E-state index in [1.165, 1.54) is 12.8 Å². The standard InChI is InChI=1S/C22H21ClN4O/c1-15-7-8-19(12-20(15)23)26-21(28)17-6-4-5-16(11-17)18-13-24-22(25-14-18)27-9-2-3-10-27/h4-8,11-14H,2-3,9-10H2,1H3,(H,26,28). The molecule has 1 aliphatic heterocycles. The van der Waals surface area contributed by atoms with Gasteiger partial charge in [0.2, 0.25) is 5.95 Å². The zero-order valence-corrected chi connectivity index (χ0v) is 16.4. The number of carbonyl (C=O) groups excluding carboxylic acids is 1. The number of rotatable bonds is 4. The summed E-state index contributed by atoms with van der Waals surface area (Å²) in [5.41, 5.74) is 4.00. The van der Waals surface area contributed by atoms with Crippen LogP contribution in [0.2, 0.25) is 5.02 Å². The molecule has 2 heterocycles. The third-order valence-electron chi connectivity index (χ3n) is 4.91. The Hall–Kier alpha value is -2.92. The molecule has 1 aliphatic rings. The number of aryl methyl sites for hydroxylation is 1. The highest BCUT2D eigenvalue weighted by atomic mass is 35.5. The summed E-state index contributed by atoms with van der Waals surface area (Å²) in [4.78, 5) is 23.8. The predicted octanol–water partition coefficient (Wildman–Crippen LogP) is 4.96. The zero-order chi connectivity index (χ0) is 19.5. The van der Waals surface area contributed by atoms with Crippen molar-refractivity contribution in [1.29, 1.82) is 0 Å². The fraction of sp³-hybridized carbons (Fsp3) is 0.227. The molecule has 0 unspecified atom stereocenters. The van der Waals surface area contributed by atoms with Crippen molar-refractivity contribution in [3.63, 3.8) is 0 Å². The molecule has 6 heteroatoms. The molecule has 5 nitrogen and oxygen atoms in total. The maximum atomic E-state index is 12.6. The fourth-order valence-electron chi connectivity index (χ4n) is 3.26. The number of aromatic nitrogens is 2. The van der Waals surface area contributed by atoms with Gasteiger partial charge in [-0.1, -0.05) is 29.8 Å². The van der Waals surface area contributed by atoms with Crippen molar-refractivity contribution < 1.29 is 4.79 Å². The first-order valence-electron chi connectivity index (χ1n) is 9.35. The lowest BCUT2D eigenvalue weighted by molar-refractivity contribution is 0.102. The van der Waals surface area contributed by atoms with Gasteiger partial charge in [-0.2, -0.15) is 0 Å². The van der Waals surface area contributed by atoms with Crippen LogP contribution in [0, 0.1) is 6.92 Å². The van der Waals surface area contributed by atoms with Gasteiger partial charge in [0.25, 0.3) is 5.91 Å². The third-order valence-corrected chi connectivity index (χ3v) is 5.32. The van der Waals surface area contributed by atoms with Gasteiger partial charge in [0.1, 0.15) is 0 Å². The lowest BCUT2D eigenvalue weighted by Crippen LogP contribution is -2.20. The van der Waals surface area contributed by atoms with E-state index in [4.69, 9.17) is 11.6 Å². The number of halogens is 1. The first-order chi connectivity index (χ1) is 13.6. The van der Waals surface area contributed by atoms with E-state index in [0.29, 0.717) is 16.3 Å². The van der Waals surface area contributed by atoms with Gasteiger partial charge in [-0.05, 0) is 55.2 Å². The lowest BCUT2D eigenvalue weighted by atomic mass is 10.1. The third kappa shape index (κ3) is 3.99. The van der Waals surface area contributed by atoms with Gasteiger partial charge in [-0.25, -0.2) is 9.97 Å². The second-order valence-electron chi connectivity index (χ2n) is 6.96. The molecule has 0 aliphatic carbocycles. The largest absolute Gasteiger partial charge is 0.341 e. The monoisotopic (exact) mass is 392 g/mol. The molecule has 1 N–H and O–H groups in total. The Balaban J connectivity index is 1.52. The molecule has 1 amide bonds. The molecule has 28 heavy (non-hydrogen) atoms. The van der Waals surface area contributed by atoms with E-state index < -0.39 is 0 Å². The maximum Gasteiger partial charge on any atom is 0.255 e. The van der Waals surface area contributed by atoms with E-state index in [2.05, 4.69) is 20.2 Å². The number of nitrogens with one attached hydrogen (secondary N) is 1. The normalized spacial score (nSPS) is 13.6. The number of benzene rings is 2. The molecule has 0 spiro atoms. The van der Waals surface area contributed by atoms with Crippen molar-refractivity contribution >= 4 is 29.1 Å². The van der Waals surface area contributed by atoms with E-state index in [1.807, 2.05) is 49.6 Å². The quantitative estimate of drug-likeness (QED) is 0.681. The van der Waals surface area contributed by atoms with Gasteiger partial charge in [-0.15, -0.1) is 0 Å². The maximum absolute atomic E-state index is 12.6. The Morgan fingerprint density at radius 2 is 1.79 bits per heavy atom. The SMILES string of the molecule is Cc1ccc(NC(=O)c2cccc(-c3cnc(N4CCCC4)nc3)c2)cc1Cl. The molecule has 0 radical (unpaired) electrons. The number of amides is 1. The first kappa shape index (κ1) is 18.4. The number of hydrogen-bond acceptors (Lipinski definition) is 4. The van der Waals surface area contributed by atoms with Gasteiger partial charge in [-0.3, -0.25) is 4.79 Å². The Bertz CT molecular complexity index is 998. The molecule has 1 aromatic heterocycles. The van der Waals surface area contributed by atoms with Crippen molar-refractivity contribution in [3.8, 4) is 11.1 Å². The van der Waals surface area contributed by atoms with Crippen molar-refractivity contribution in [2.45, 2.75) is 19.8 Å². The van der Waals surface area contributed by atoms with Crippen LogP contribution in [0.4, 0.5) is 11.6 Å². The van der Waals surface area contributed by atoms with Crippen LogP contribution in [0.1, 0.15) is 28.8 Å². The molecular formula is C22H21ClN4O. The summed E-state index contributed by atoms with van der Waals surface area (Å²) in [6.07, 6.45) is 6.01. The molecule has 4 rings (SSSR count). The number of nitrogens with zero attached hydrogens (tertiary/aromatic N) is 3. The molecule has 0 bridgehead atoms. The Labute approximate surface area is 169 Å². The van der Waals surface area contributed by atoms with Gasteiger partial charge < -0.3 is 10.2 Å². The van der Waals surface area contributed by atoms with Crippen molar-refractivity contribution in [2.24, 2.45) is 0 Å². The number of hydrogen-bond donors (Lipinski definition) is 1. The molecule has 1 saturated heterocycles. The van der Waals surface area contributed by atoms with E-state index in [-0.39, 0.29) is 5.91 Å². The van der Waals surface area contributed by atoms with E-state index in [0.717, 1.165) is 35.7 Å². The predicted molar refractivity (Wildman–Crippen MR) is 113 cm³/mol. The van der Waals surface area contributed by atoms with Gasteiger partial charge >= 0.3 is 0 Å². The topological polar surface area (TPSA) is 58.1 Å². The summed E-state index contributed by atoms with van der Waals surface area (Å²) >= 11 is 6.14. The summed E-state index contributed by atoms with van der Waals surface area (Å²) in [6.45, 7) is 3.95. The molecule has 2 aromatic carbocycles. The summed E-state index contributed by atoms with van der Waals surface area (Å²) in [7, 11) is 0. The second kappa shape index (κ2) is 7.98.